The van der Waals surface area contributed by atoms with Gasteiger partial charge >= 0.3 is 0 Å². The van der Waals surface area contributed by atoms with Crippen LogP contribution in [0.2, 0.25) is 0 Å². The largest absolute Gasteiger partial charge is 0.293 e. The standard InChI is InChI=1S/C23H35N2S/c1-25(19-17-24)18-16-20-12-14-23(15-13-20)26(21-8-4-2-5-9-21)22-10-6-3-7-11-22/h12-15,21-22H,2-11,16,18-19H2,1H3/q+1. The molecule has 2 saturated carbocycles. The predicted octanol–water partition coefficient (Wildman–Crippen LogP) is 5.33. The molecule has 2 fully saturated rings. The molecule has 0 radical (unpaired) electrons. The van der Waals surface area contributed by atoms with Crippen LogP contribution in [0.3, 0.4) is 0 Å². The van der Waals surface area contributed by atoms with Crippen LogP contribution in [-0.4, -0.2) is 35.5 Å². The molecule has 0 aliphatic heterocycles. The van der Waals surface area contributed by atoms with E-state index in [-0.39, 0.29) is 0 Å². The molecule has 0 atom stereocenters. The maximum atomic E-state index is 8.79. The second-order valence-corrected chi connectivity index (χ2v) is 10.7. The molecule has 0 unspecified atom stereocenters. The van der Waals surface area contributed by atoms with E-state index in [9.17, 15) is 0 Å². The molecular weight excluding hydrogens is 336 g/mol. The van der Waals surface area contributed by atoms with Gasteiger partial charge < -0.3 is 0 Å². The fraction of sp³-hybridized carbons (Fsp3) is 0.696. The van der Waals surface area contributed by atoms with E-state index in [0.717, 1.165) is 23.5 Å². The Labute approximate surface area is 163 Å². The molecule has 0 amide bonds. The molecule has 1 aromatic carbocycles. The van der Waals surface area contributed by atoms with E-state index in [1.807, 2.05) is 7.05 Å². The normalized spacial score (nSPS) is 19.8. The average molecular weight is 372 g/mol. The maximum absolute atomic E-state index is 8.79. The number of likely N-dealkylation sites (N-methyl/N-ethyl adjacent to an activating group) is 1. The summed E-state index contributed by atoms with van der Waals surface area (Å²) in [7, 11) is 2.49. The fourth-order valence-electron chi connectivity index (χ4n) is 4.63. The molecule has 26 heavy (non-hydrogen) atoms. The SMILES string of the molecule is CN(CC#N)CCc1ccc([S+](C2CCCCC2)C2CCCCC2)cc1. The highest BCUT2D eigenvalue weighted by atomic mass is 32.2. The molecule has 0 spiro atoms. The zero-order valence-electron chi connectivity index (χ0n) is 16.5. The number of benzene rings is 1. The van der Waals surface area contributed by atoms with Crippen molar-refractivity contribution in [3.63, 3.8) is 0 Å². The molecule has 1 aromatic rings. The van der Waals surface area contributed by atoms with Crippen molar-refractivity contribution in [2.24, 2.45) is 0 Å². The molecule has 0 saturated heterocycles. The van der Waals surface area contributed by atoms with Crippen LogP contribution in [0.1, 0.15) is 69.8 Å². The van der Waals surface area contributed by atoms with Gasteiger partial charge in [-0.3, -0.25) is 4.90 Å². The number of nitriles is 1. The van der Waals surface area contributed by atoms with Crippen LogP contribution in [0.4, 0.5) is 0 Å². The smallest absolute Gasteiger partial charge is 0.155 e. The Hall–Kier alpha value is -0.980. The van der Waals surface area contributed by atoms with Gasteiger partial charge in [0.15, 0.2) is 4.90 Å². The molecule has 3 heteroatoms. The van der Waals surface area contributed by atoms with Gasteiger partial charge in [-0.05, 0) is 82.5 Å². The molecule has 3 rings (SSSR count). The van der Waals surface area contributed by atoms with Gasteiger partial charge in [0, 0.05) is 17.4 Å². The van der Waals surface area contributed by atoms with Gasteiger partial charge in [-0.1, -0.05) is 25.0 Å². The molecule has 0 N–H and O–H groups in total. The minimum atomic E-state index is 0.462. The van der Waals surface area contributed by atoms with Crippen molar-refractivity contribution in [3.05, 3.63) is 29.8 Å². The minimum absolute atomic E-state index is 0.462. The molecule has 2 aliphatic carbocycles. The molecule has 2 aliphatic rings. The van der Waals surface area contributed by atoms with Gasteiger partial charge in [-0.15, -0.1) is 0 Å². The van der Waals surface area contributed by atoms with Crippen LogP contribution in [0.25, 0.3) is 0 Å². The van der Waals surface area contributed by atoms with E-state index in [1.54, 1.807) is 4.90 Å². The van der Waals surface area contributed by atoms with Crippen LogP contribution < -0.4 is 0 Å². The Morgan fingerprint density at radius 1 is 0.923 bits per heavy atom. The lowest BCUT2D eigenvalue weighted by Crippen LogP contribution is -2.35. The summed E-state index contributed by atoms with van der Waals surface area (Å²) in [5.41, 5.74) is 1.41. The third-order valence-electron chi connectivity index (χ3n) is 6.14. The maximum Gasteiger partial charge on any atom is 0.155 e. The average Bonchev–Trinajstić information content (AvgIpc) is 2.69. The van der Waals surface area contributed by atoms with Crippen LogP contribution in [0.15, 0.2) is 29.2 Å². The van der Waals surface area contributed by atoms with Crippen molar-refractivity contribution in [1.29, 1.82) is 5.26 Å². The van der Waals surface area contributed by atoms with Gasteiger partial charge in [-0.25, -0.2) is 0 Å². The topological polar surface area (TPSA) is 27.0 Å². The Balaban J connectivity index is 1.68. The quantitative estimate of drug-likeness (QED) is 0.478. The highest BCUT2D eigenvalue weighted by Gasteiger charge is 2.41. The molecule has 0 aromatic heterocycles. The van der Waals surface area contributed by atoms with Crippen molar-refractivity contribution in [2.75, 3.05) is 20.1 Å². The van der Waals surface area contributed by atoms with E-state index in [1.165, 1.54) is 69.8 Å². The summed E-state index contributed by atoms with van der Waals surface area (Å²) in [6.07, 6.45) is 15.6. The zero-order valence-corrected chi connectivity index (χ0v) is 17.3. The van der Waals surface area contributed by atoms with Gasteiger partial charge in [-0.2, -0.15) is 5.26 Å². The minimum Gasteiger partial charge on any atom is -0.293 e. The van der Waals surface area contributed by atoms with E-state index < -0.39 is 0 Å². The van der Waals surface area contributed by atoms with Gasteiger partial charge in [0.05, 0.1) is 12.6 Å². The summed E-state index contributed by atoms with van der Waals surface area (Å²) in [6, 6.07) is 11.9. The van der Waals surface area contributed by atoms with Crippen LogP contribution in [0, 0.1) is 11.3 Å². The summed E-state index contributed by atoms with van der Waals surface area (Å²) in [4.78, 5) is 3.74. The Morgan fingerprint density at radius 3 is 1.96 bits per heavy atom. The first-order valence-corrected chi connectivity index (χ1v) is 12.0. The summed E-state index contributed by atoms with van der Waals surface area (Å²) in [6.45, 7) is 1.48. The van der Waals surface area contributed by atoms with Crippen molar-refractivity contribution < 1.29 is 0 Å². The molecule has 2 nitrogen and oxygen atoms in total. The zero-order chi connectivity index (χ0) is 18.2. The molecule has 0 bridgehead atoms. The van der Waals surface area contributed by atoms with Crippen LogP contribution in [-0.2, 0) is 17.3 Å². The van der Waals surface area contributed by atoms with Crippen LogP contribution in [0.5, 0.6) is 0 Å². The second-order valence-electron chi connectivity index (χ2n) is 8.18. The van der Waals surface area contributed by atoms with Crippen molar-refractivity contribution in [2.45, 2.75) is 86.0 Å². The number of rotatable bonds is 7. The highest BCUT2D eigenvalue weighted by Crippen LogP contribution is 2.38. The van der Waals surface area contributed by atoms with E-state index in [4.69, 9.17) is 5.26 Å². The lowest BCUT2D eigenvalue weighted by molar-refractivity contribution is 0.379. The predicted molar refractivity (Wildman–Crippen MR) is 113 cm³/mol. The fourth-order valence-corrected chi connectivity index (χ4v) is 8.08. The lowest BCUT2D eigenvalue weighted by Gasteiger charge is -2.30. The first-order chi connectivity index (χ1) is 12.8. The second kappa shape index (κ2) is 10.4. The first kappa shape index (κ1) is 19.8. The van der Waals surface area contributed by atoms with Gasteiger partial charge in [0.25, 0.3) is 0 Å². The van der Waals surface area contributed by atoms with E-state index in [0.29, 0.717) is 17.4 Å². The number of nitrogens with zero attached hydrogens (tertiary/aromatic N) is 2. The number of hydrogen-bond donors (Lipinski definition) is 0. The van der Waals surface area contributed by atoms with Gasteiger partial charge in [0.2, 0.25) is 0 Å². The number of hydrogen-bond acceptors (Lipinski definition) is 2. The Kier molecular flexibility index (Phi) is 7.89. The third kappa shape index (κ3) is 5.51. The molecular formula is C23H35N2S+. The van der Waals surface area contributed by atoms with Crippen molar-refractivity contribution in [3.8, 4) is 6.07 Å². The van der Waals surface area contributed by atoms with Crippen molar-refractivity contribution >= 4 is 10.9 Å². The Bertz CT molecular complexity index is 547. The summed E-state index contributed by atoms with van der Waals surface area (Å²) < 4.78 is 0. The molecule has 142 valence electrons. The highest BCUT2D eigenvalue weighted by molar-refractivity contribution is 7.98. The first-order valence-electron chi connectivity index (χ1n) is 10.6. The van der Waals surface area contributed by atoms with Gasteiger partial charge in [0.1, 0.15) is 10.5 Å². The Morgan fingerprint density at radius 2 is 1.46 bits per heavy atom. The molecule has 0 heterocycles. The van der Waals surface area contributed by atoms with E-state index >= 15 is 0 Å². The third-order valence-corrected chi connectivity index (χ3v) is 9.34. The van der Waals surface area contributed by atoms with Crippen LogP contribution >= 0.6 is 0 Å². The summed E-state index contributed by atoms with van der Waals surface area (Å²) in [5, 5.41) is 10.7. The summed E-state index contributed by atoms with van der Waals surface area (Å²) in [5.74, 6) is 0. The van der Waals surface area contributed by atoms with E-state index in [2.05, 4.69) is 35.2 Å². The van der Waals surface area contributed by atoms with Crippen molar-refractivity contribution in [1.82, 2.24) is 4.90 Å². The lowest BCUT2D eigenvalue weighted by atomic mass is 10.00. The summed E-state index contributed by atoms with van der Waals surface area (Å²) >= 11 is 0. The monoisotopic (exact) mass is 371 g/mol.